The highest BCUT2D eigenvalue weighted by atomic mass is 16.6. The Kier molecular flexibility index (Phi) is 4.53. The smallest absolute Gasteiger partial charge is 0.309 e. The van der Waals surface area contributed by atoms with Gasteiger partial charge in [-0.15, -0.1) is 0 Å². The van der Waals surface area contributed by atoms with E-state index < -0.39 is 30.5 Å². The van der Waals surface area contributed by atoms with Crippen molar-refractivity contribution in [3.05, 3.63) is 71.8 Å². The minimum absolute atomic E-state index is 0.179. The standard InChI is InChI=1S/C20H20O5/c21-16-11-15-19(25-16)17(22)20(24-15)18(14-9-5-2-6-10-14)23-12-13-7-3-1-4-8-13/h1-10,15,17-20,22H,11-12H2/t15-,17+,18-,19+,20+/m1/s1. The van der Waals surface area contributed by atoms with Gasteiger partial charge in [-0.2, -0.15) is 0 Å². The molecule has 5 nitrogen and oxygen atoms in total. The summed E-state index contributed by atoms with van der Waals surface area (Å²) in [5.41, 5.74) is 1.97. The van der Waals surface area contributed by atoms with Crippen LogP contribution in [0.3, 0.4) is 0 Å². The third kappa shape index (κ3) is 3.31. The van der Waals surface area contributed by atoms with Crippen LogP contribution in [-0.4, -0.2) is 35.5 Å². The SMILES string of the molecule is O=C1C[C@H]2O[C@H]([C@H](OCc3ccccc3)c3ccccc3)[C@@H](O)[C@H]2O1. The first kappa shape index (κ1) is 16.3. The van der Waals surface area contributed by atoms with Gasteiger partial charge < -0.3 is 19.3 Å². The maximum atomic E-state index is 11.4. The molecule has 2 fully saturated rings. The number of carbonyl (C=O) groups is 1. The normalized spacial score (nSPS) is 29.2. The van der Waals surface area contributed by atoms with Crippen LogP contribution < -0.4 is 0 Å². The predicted octanol–water partition coefficient (Wildman–Crippen LogP) is 2.39. The molecule has 2 aromatic carbocycles. The van der Waals surface area contributed by atoms with E-state index in [-0.39, 0.29) is 12.4 Å². The summed E-state index contributed by atoms with van der Waals surface area (Å²) in [7, 11) is 0. The molecule has 0 bridgehead atoms. The van der Waals surface area contributed by atoms with Crippen molar-refractivity contribution in [1.82, 2.24) is 0 Å². The zero-order valence-corrected chi connectivity index (χ0v) is 13.7. The van der Waals surface area contributed by atoms with Gasteiger partial charge in [0.2, 0.25) is 0 Å². The summed E-state index contributed by atoms with van der Waals surface area (Å²) in [6.45, 7) is 0.405. The molecule has 0 aromatic heterocycles. The highest BCUT2D eigenvalue weighted by Gasteiger charge is 2.53. The van der Waals surface area contributed by atoms with Gasteiger partial charge in [0.1, 0.15) is 24.4 Å². The third-order valence-corrected chi connectivity index (χ3v) is 4.71. The Bertz CT molecular complexity index is 717. The number of aliphatic hydroxyl groups is 1. The Balaban J connectivity index is 1.55. The minimum atomic E-state index is -0.905. The summed E-state index contributed by atoms with van der Waals surface area (Å²) < 4.78 is 17.3. The van der Waals surface area contributed by atoms with Crippen LogP contribution in [0.1, 0.15) is 23.7 Å². The highest BCUT2D eigenvalue weighted by Crippen LogP contribution is 2.39. The van der Waals surface area contributed by atoms with E-state index in [4.69, 9.17) is 14.2 Å². The summed E-state index contributed by atoms with van der Waals surface area (Å²) in [5, 5.41) is 10.6. The Morgan fingerprint density at radius 2 is 1.76 bits per heavy atom. The molecule has 0 amide bonds. The lowest BCUT2D eigenvalue weighted by atomic mass is 9.98. The van der Waals surface area contributed by atoms with Crippen molar-refractivity contribution < 1.29 is 24.1 Å². The lowest BCUT2D eigenvalue weighted by Crippen LogP contribution is -2.36. The summed E-state index contributed by atoms with van der Waals surface area (Å²) >= 11 is 0. The van der Waals surface area contributed by atoms with E-state index in [0.29, 0.717) is 6.61 Å². The second-order valence-electron chi connectivity index (χ2n) is 6.42. The van der Waals surface area contributed by atoms with Crippen molar-refractivity contribution >= 4 is 5.97 Å². The maximum absolute atomic E-state index is 11.4. The predicted molar refractivity (Wildman–Crippen MR) is 89.6 cm³/mol. The average molecular weight is 340 g/mol. The molecule has 2 aromatic rings. The van der Waals surface area contributed by atoms with Gasteiger partial charge in [0.25, 0.3) is 0 Å². The summed E-state index contributed by atoms with van der Waals surface area (Å²) in [5.74, 6) is -0.325. The van der Waals surface area contributed by atoms with Crippen LogP contribution in [-0.2, 0) is 25.6 Å². The molecule has 0 radical (unpaired) electrons. The Morgan fingerprint density at radius 1 is 1.08 bits per heavy atom. The van der Waals surface area contributed by atoms with Gasteiger partial charge in [0, 0.05) is 0 Å². The van der Waals surface area contributed by atoms with Gasteiger partial charge >= 0.3 is 5.97 Å². The first-order valence-corrected chi connectivity index (χ1v) is 8.46. The van der Waals surface area contributed by atoms with E-state index in [9.17, 15) is 9.90 Å². The molecule has 1 N–H and O–H groups in total. The fourth-order valence-electron chi connectivity index (χ4n) is 3.47. The molecule has 2 aliphatic rings. The first-order chi connectivity index (χ1) is 12.2. The van der Waals surface area contributed by atoms with E-state index >= 15 is 0 Å². The van der Waals surface area contributed by atoms with Crippen LogP contribution in [0, 0.1) is 0 Å². The largest absolute Gasteiger partial charge is 0.457 e. The van der Waals surface area contributed by atoms with Gasteiger partial charge in [-0.3, -0.25) is 4.79 Å². The lowest BCUT2D eigenvalue weighted by molar-refractivity contribution is -0.149. The highest BCUT2D eigenvalue weighted by molar-refractivity contribution is 5.73. The molecule has 2 saturated heterocycles. The van der Waals surface area contributed by atoms with Gasteiger partial charge in [-0.05, 0) is 11.1 Å². The fourth-order valence-corrected chi connectivity index (χ4v) is 3.47. The molecular weight excluding hydrogens is 320 g/mol. The molecule has 5 atom stereocenters. The van der Waals surface area contributed by atoms with Crippen molar-refractivity contribution in [3.8, 4) is 0 Å². The molecule has 2 heterocycles. The number of esters is 1. The molecule has 0 unspecified atom stereocenters. The number of ether oxygens (including phenoxy) is 3. The number of rotatable bonds is 5. The van der Waals surface area contributed by atoms with Crippen LogP contribution >= 0.6 is 0 Å². The van der Waals surface area contributed by atoms with Crippen molar-refractivity contribution in [1.29, 1.82) is 0 Å². The molecule has 25 heavy (non-hydrogen) atoms. The summed E-state index contributed by atoms with van der Waals surface area (Å²) in [4.78, 5) is 11.4. The topological polar surface area (TPSA) is 65.0 Å². The molecule has 2 aliphatic heterocycles. The monoisotopic (exact) mass is 340 g/mol. The van der Waals surface area contributed by atoms with Gasteiger partial charge in [-0.1, -0.05) is 60.7 Å². The second-order valence-corrected chi connectivity index (χ2v) is 6.42. The Morgan fingerprint density at radius 3 is 2.44 bits per heavy atom. The molecule has 130 valence electrons. The molecule has 0 aliphatic carbocycles. The van der Waals surface area contributed by atoms with Gasteiger partial charge in [0.05, 0.1) is 13.0 Å². The molecule has 0 spiro atoms. The van der Waals surface area contributed by atoms with Crippen molar-refractivity contribution in [2.75, 3.05) is 0 Å². The van der Waals surface area contributed by atoms with Crippen molar-refractivity contribution in [3.63, 3.8) is 0 Å². The van der Waals surface area contributed by atoms with E-state index in [1.165, 1.54) is 0 Å². The number of fused-ring (bicyclic) bond motifs is 1. The van der Waals surface area contributed by atoms with E-state index in [1.54, 1.807) is 0 Å². The minimum Gasteiger partial charge on any atom is -0.457 e. The van der Waals surface area contributed by atoms with Gasteiger partial charge in [0.15, 0.2) is 6.10 Å². The first-order valence-electron chi connectivity index (χ1n) is 8.46. The zero-order chi connectivity index (χ0) is 17.2. The fraction of sp³-hybridized carbons (Fsp3) is 0.350. The Labute approximate surface area is 146 Å². The number of aliphatic hydroxyl groups excluding tert-OH is 1. The van der Waals surface area contributed by atoms with Crippen LogP contribution in [0.15, 0.2) is 60.7 Å². The molecule has 0 saturated carbocycles. The second kappa shape index (κ2) is 6.96. The average Bonchev–Trinajstić information content (AvgIpc) is 3.15. The van der Waals surface area contributed by atoms with Gasteiger partial charge in [-0.25, -0.2) is 0 Å². The maximum Gasteiger partial charge on any atom is 0.309 e. The van der Waals surface area contributed by atoms with E-state index in [1.807, 2.05) is 60.7 Å². The van der Waals surface area contributed by atoms with Crippen molar-refractivity contribution in [2.45, 2.75) is 43.5 Å². The van der Waals surface area contributed by atoms with Crippen molar-refractivity contribution in [2.24, 2.45) is 0 Å². The van der Waals surface area contributed by atoms with Crippen LogP contribution in [0.5, 0.6) is 0 Å². The summed E-state index contributed by atoms with van der Waals surface area (Å²) in [6.07, 6.45) is -2.76. The number of benzene rings is 2. The zero-order valence-electron chi connectivity index (χ0n) is 13.7. The van der Waals surface area contributed by atoms with E-state index in [0.717, 1.165) is 11.1 Å². The van der Waals surface area contributed by atoms with Crippen LogP contribution in [0.4, 0.5) is 0 Å². The lowest BCUT2D eigenvalue weighted by Gasteiger charge is -2.27. The number of carbonyl (C=O) groups excluding carboxylic acids is 1. The summed E-state index contributed by atoms with van der Waals surface area (Å²) in [6, 6.07) is 19.5. The van der Waals surface area contributed by atoms with E-state index in [2.05, 4.69) is 0 Å². The quantitative estimate of drug-likeness (QED) is 0.847. The molecular formula is C20H20O5. The third-order valence-electron chi connectivity index (χ3n) is 4.71. The molecule has 4 rings (SSSR count). The van der Waals surface area contributed by atoms with Crippen LogP contribution in [0.2, 0.25) is 0 Å². The number of hydrogen-bond acceptors (Lipinski definition) is 5. The van der Waals surface area contributed by atoms with Crippen LogP contribution in [0.25, 0.3) is 0 Å². The molecule has 5 heteroatoms. The Hall–Kier alpha value is -2.21. The number of hydrogen-bond donors (Lipinski definition) is 1.